The topological polar surface area (TPSA) is 113 Å². The van der Waals surface area contributed by atoms with Crippen LogP contribution in [0.2, 0.25) is 0 Å². The summed E-state index contributed by atoms with van der Waals surface area (Å²) in [6.07, 6.45) is 5.01. The number of benzene rings is 2. The second kappa shape index (κ2) is 7.73. The van der Waals surface area contributed by atoms with Gasteiger partial charge >= 0.3 is 0 Å². The van der Waals surface area contributed by atoms with Crippen molar-refractivity contribution >= 4 is 34.4 Å². The fraction of sp³-hybridized carbons (Fsp3) is 0.440. The molecule has 0 aliphatic heterocycles. The van der Waals surface area contributed by atoms with E-state index in [1.54, 1.807) is 12.1 Å². The first-order chi connectivity index (χ1) is 15.2. The van der Waals surface area contributed by atoms with Gasteiger partial charge in [0.2, 0.25) is 0 Å². The van der Waals surface area contributed by atoms with Crippen molar-refractivity contribution in [3.63, 3.8) is 0 Å². The zero-order valence-corrected chi connectivity index (χ0v) is 19.9. The van der Waals surface area contributed by atoms with E-state index in [2.05, 4.69) is 27.9 Å². The molecular formula is C25H27IN2O4. The summed E-state index contributed by atoms with van der Waals surface area (Å²) in [5, 5.41) is 26.3. The normalized spacial score (nSPS) is 30.7. The number of hydrogen-bond donors (Lipinski definition) is 4. The van der Waals surface area contributed by atoms with Gasteiger partial charge < -0.3 is 21.3 Å². The summed E-state index contributed by atoms with van der Waals surface area (Å²) in [5.41, 5.74) is 6.20. The van der Waals surface area contributed by atoms with Gasteiger partial charge in [-0.05, 0) is 96.9 Å². The quantitative estimate of drug-likeness (QED) is 0.442. The summed E-state index contributed by atoms with van der Waals surface area (Å²) in [6, 6.07) is 10.8. The van der Waals surface area contributed by atoms with E-state index < -0.39 is 16.9 Å². The van der Waals surface area contributed by atoms with Crippen LogP contribution in [0.5, 0.6) is 5.75 Å². The molecule has 2 saturated carbocycles. The Morgan fingerprint density at radius 2 is 1.97 bits per heavy atom. The van der Waals surface area contributed by atoms with Crippen LogP contribution in [-0.4, -0.2) is 33.7 Å². The van der Waals surface area contributed by atoms with Crippen LogP contribution in [-0.2, 0) is 11.8 Å². The van der Waals surface area contributed by atoms with Gasteiger partial charge in [-0.2, -0.15) is 0 Å². The van der Waals surface area contributed by atoms with E-state index in [0.717, 1.165) is 22.0 Å². The molecule has 4 atom stereocenters. The van der Waals surface area contributed by atoms with E-state index >= 15 is 0 Å². The number of aromatic hydroxyl groups is 1. The van der Waals surface area contributed by atoms with Crippen molar-refractivity contribution in [2.75, 3.05) is 0 Å². The third kappa shape index (κ3) is 3.15. The first-order valence-electron chi connectivity index (χ1n) is 11.2. The predicted octanol–water partition coefficient (Wildman–Crippen LogP) is 3.40. The van der Waals surface area contributed by atoms with Crippen LogP contribution >= 0.6 is 22.6 Å². The number of primary amides is 1. The molecule has 0 spiro atoms. The highest BCUT2D eigenvalue weighted by molar-refractivity contribution is 14.1. The van der Waals surface area contributed by atoms with E-state index in [4.69, 9.17) is 5.73 Å². The smallest absolute Gasteiger partial charge is 0.252 e. The summed E-state index contributed by atoms with van der Waals surface area (Å²) < 4.78 is 0.993. The Morgan fingerprint density at radius 3 is 2.72 bits per heavy atom. The average Bonchev–Trinajstić information content (AvgIpc) is 2.73. The molecule has 6 nitrogen and oxygen atoms in total. The molecule has 2 fully saturated rings. The molecule has 2 amide bonds. The Bertz CT molecular complexity index is 1120. The van der Waals surface area contributed by atoms with Crippen LogP contribution < -0.4 is 11.1 Å². The number of rotatable bonds is 3. The van der Waals surface area contributed by atoms with E-state index in [0.29, 0.717) is 43.2 Å². The van der Waals surface area contributed by atoms with Gasteiger partial charge in [-0.15, -0.1) is 0 Å². The van der Waals surface area contributed by atoms with Crippen LogP contribution in [0.4, 0.5) is 0 Å². The van der Waals surface area contributed by atoms with Crippen molar-refractivity contribution in [1.29, 1.82) is 0 Å². The van der Waals surface area contributed by atoms with Crippen LogP contribution in [0.25, 0.3) is 0 Å². The average molecular weight is 546 g/mol. The van der Waals surface area contributed by atoms with E-state index in [-0.39, 0.29) is 29.2 Å². The maximum absolute atomic E-state index is 12.9. The van der Waals surface area contributed by atoms with Gasteiger partial charge in [-0.1, -0.05) is 18.6 Å². The molecule has 3 aliphatic rings. The van der Waals surface area contributed by atoms with Crippen LogP contribution in [0.1, 0.15) is 70.4 Å². The summed E-state index contributed by atoms with van der Waals surface area (Å²) in [4.78, 5) is 24.9. The third-order valence-electron chi connectivity index (χ3n) is 8.03. The second-order valence-electron chi connectivity index (χ2n) is 9.58. The van der Waals surface area contributed by atoms with Gasteiger partial charge in [-0.3, -0.25) is 9.59 Å². The minimum absolute atomic E-state index is 0.0921. The number of carbonyl (C=O) groups is 2. The van der Waals surface area contributed by atoms with E-state index in [1.165, 1.54) is 0 Å². The van der Waals surface area contributed by atoms with Gasteiger partial charge in [-0.25, -0.2) is 0 Å². The molecule has 32 heavy (non-hydrogen) atoms. The molecule has 0 aromatic heterocycles. The molecule has 2 aromatic carbocycles. The zero-order valence-electron chi connectivity index (χ0n) is 17.7. The zero-order chi connectivity index (χ0) is 22.7. The molecular weight excluding hydrogens is 519 g/mol. The molecule has 168 valence electrons. The highest BCUT2D eigenvalue weighted by Crippen LogP contribution is 2.62. The Balaban J connectivity index is 1.55. The fourth-order valence-electron chi connectivity index (χ4n) is 6.67. The lowest BCUT2D eigenvalue weighted by Gasteiger charge is -2.62. The van der Waals surface area contributed by atoms with Crippen LogP contribution in [0.15, 0.2) is 36.4 Å². The standard InChI is InChI=1S/C25H27IN2O4/c26-17-5-1-3-15(12-17)23(31)28-18-8-10-25(32)16-4-2-9-24(25,13-18)20-14(11-16)6-7-19(21(20)29)22(27)30/h1,3,5-7,12,16,18,29,32H,2,4,8-11,13H2,(H2,27,30)(H,28,31)/t16-,18?,24-,25-/m1/s1. The molecule has 3 aliphatic carbocycles. The van der Waals surface area contributed by atoms with E-state index in [9.17, 15) is 19.8 Å². The lowest BCUT2D eigenvalue weighted by Crippen LogP contribution is -2.66. The molecule has 2 aromatic rings. The number of nitrogens with one attached hydrogen (secondary N) is 1. The molecule has 0 radical (unpaired) electrons. The Morgan fingerprint density at radius 1 is 1.16 bits per heavy atom. The Hall–Kier alpha value is -2.13. The van der Waals surface area contributed by atoms with E-state index in [1.807, 2.05) is 24.3 Å². The SMILES string of the molecule is NC(=O)c1ccc2c(c1O)[C@]13CCC[C@H](C2)[C@]1(O)CCC(NC(=O)c1cccc(I)c1)C3. The number of fused-ring (bicyclic) bond motifs is 1. The van der Waals surface area contributed by atoms with Crippen LogP contribution in [0, 0.1) is 9.49 Å². The highest BCUT2D eigenvalue weighted by atomic mass is 127. The number of nitrogens with two attached hydrogens (primary N) is 1. The predicted molar refractivity (Wildman–Crippen MR) is 129 cm³/mol. The van der Waals surface area contributed by atoms with Crippen molar-refractivity contribution < 1.29 is 19.8 Å². The number of phenols is 1. The van der Waals surface area contributed by atoms with Gasteiger partial charge in [0.15, 0.2) is 0 Å². The lowest BCUT2D eigenvalue weighted by molar-refractivity contribution is -0.150. The van der Waals surface area contributed by atoms with Gasteiger partial charge in [0.1, 0.15) is 5.75 Å². The van der Waals surface area contributed by atoms with Crippen molar-refractivity contribution in [3.05, 3.63) is 62.2 Å². The highest BCUT2D eigenvalue weighted by Gasteiger charge is 2.63. The summed E-state index contributed by atoms with van der Waals surface area (Å²) in [6.45, 7) is 0. The summed E-state index contributed by atoms with van der Waals surface area (Å²) in [5.74, 6) is -0.801. The first-order valence-corrected chi connectivity index (χ1v) is 12.3. The molecule has 7 heteroatoms. The third-order valence-corrected chi connectivity index (χ3v) is 8.70. The molecule has 5 N–H and O–H groups in total. The lowest BCUT2D eigenvalue weighted by atomic mass is 9.45. The van der Waals surface area contributed by atoms with Crippen molar-refractivity contribution in [2.45, 2.75) is 62.0 Å². The largest absolute Gasteiger partial charge is 0.507 e. The van der Waals surface area contributed by atoms with Crippen molar-refractivity contribution in [3.8, 4) is 5.75 Å². The van der Waals surface area contributed by atoms with Crippen molar-refractivity contribution in [2.24, 2.45) is 11.7 Å². The van der Waals surface area contributed by atoms with Gasteiger partial charge in [0.25, 0.3) is 11.8 Å². The number of hydrogen-bond acceptors (Lipinski definition) is 4. The first kappa shape index (κ1) is 21.7. The number of amides is 2. The molecule has 0 saturated heterocycles. The number of halogens is 1. The summed E-state index contributed by atoms with van der Waals surface area (Å²) in [7, 11) is 0. The monoisotopic (exact) mass is 546 g/mol. The van der Waals surface area contributed by atoms with Gasteiger partial charge in [0.05, 0.1) is 11.2 Å². The van der Waals surface area contributed by atoms with Crippen LogP contribution in [0.3, 0.4) is 0 Å². The molecule has 1 unspecified atom stereocenters. The Labute approximate surface area is 200 Å². The van der Waals surface area contributed by atoms with Crippen molar-refractivity contribution in [1.82, 2.24) is 5.32 Å². The molecule has 5 rings (SSSR count). The minimum Gasteiger partial charge on any atom is -0.507 e. The molecule has 0 heterocycles. The maximum atomic E-state index is 12.9. The second-order valence-corrected chi connectivity index (χ2v) is 10.8. The number of aliphatic hydroxyl groups is 1. The molecule has 2 bridgehead atoms. The maximum Gasteiger partial charge on any atom is 0.252 e. The Kier molecular flexibility index (Phi) is 5.24. The summed E-state index contributed by atoms with van der Waals surface area (Å²) >= 11 is 2.19. The minimum atomic E-state index is -0.963. The fourth-order valence-corrected chi connectivity index (χ4v) is 7.22. The number of carbonyl (C=O) groups excluding carboxylic acids is 2. The van der Waals surface area contributed by atoms with Gasteiger partial charge in [0, 0.05) is 26.2 Å².